The van der Waals surface area contributed by atoms with E-state index < -0.39 is 5.82 Å². The normalized spacial score (nSPS) is 12.4. The average Bonchev–Trinajstić information content (AvgIpc) is 2.39. The van der Waals surface area contributed by atoms with Gasteiger partial charge in [0.2, 0.25) is 0 Å². The van der Waals surface area contributed by atoms with Gasteiger partial charge in [-0.15, -0.1) is 0 Å². The van der Waals surface area contributed by atoms with Gasteiger partial charge < -0.3 is 5.32 Å². The van der Waals surface area contributed by atoms with Gasteiger partial charge in [-0.05, 0) is 43.3 Å². The minimum atomic E-state index is -0.391. The SMILES string of the molecule is CNC(Cc1ccc(F)cc1Cl)c1ccc(Cl)cc1F. The molecular formula is C15H13Cl2F2N. The lowest BCUT2D eigenvalue weighted by Crippen LogP contribution is -2.20. The van der Waals surface area contributed by atoms with E-state index in [2.05, 4.69) is 5.32 Å². The van der Waals surface area contributed by atoms with Crippen molar-refractivity contribution in [3.05, 3.63) is 69.2 Å². The second-order valence-electron chi connectivity index (χ2n) is 4.45. The van der Waals surface area contributed by atoms with Crippen LogP contribution in [0.2, 0.25) is 10.0 Å². The van der Waals surface area contributed by atoms with Crippen molar-refractivity contribution in [2.75, 3.05) is 7.05 Å². The first-order valence-corrected chi connectivity index (χ1v) is 6.83. The van der Waals surface area contributed by atoms with Gasteiger partial charge in [-0.25, -0.2) is 8.78 Å². The molecule has 2 aromatic rings. The van der Waals surface area contributed by atoms with Crippen LogP contribution in [-0.2, 0) is 6.42 Å². The molecule has 0 heterocycles. The zero-order valence-corrected chi connectivity index (χ0v) is 12.3. The molecule has 0 aliphatic carbocycles. The molecule has 0 saturated heterocycles. The number of rotatable bonds is 4. The summed E-state index contributed by atoms with van der Waals surface area (Å²) >= 11 is 11.7. The second-order valence-corrected chi connectivity index (χ2v) is 5.29. The van der Waals surface area contributed by atoms with E-state index in [-0.39, 0.29) is 11.9 Å². The maximum atomic E-state index is 13.9. The van der Waals surface area contributed by atoms with Crippen molar-refractivity contribution in [1.29, 1.82) is 0 Å². The molecule has 0 aliphatic heterocycles. The van der Waals surface area contributed by atoms with Crippen molar-refractivity contribution in [1.82, 2.24) is 5.32 Å². The molecule has 5 heteroatoms. The Morgan fingerprint density at radius 1 is 1.10 bits per heavy atom. The fourth-order valence-electron chi connectivity index (χ4n) is 2.06. The standard InChI is InChI=1S/C15H13Cl2F2N/c1-20-15(12-5-3-10(16)7-14(12)19)6-9-2-4-11(18)8-13(9)17/h2-5,7-8,15,20H,6H2,1H3. The van der Waals surface area contributed by atoms with Gasteiger partial charge in [-0.2, -0.15) is 0 Å². The third kappa shape index (κ3) is 3.48. The van der Waals surface area contributed by atoms with Crippen molar-refractivity contribution < 1.29 is 8.78 Å². The highest BCUT2D eigenvalue weighted by Crippen LogP contribution is 2.27. The number of benzene rings is 2. The van der Waals surface area contributed by atoms with Crippen molar-refractivity contribution >= 4 is 23.2 Å². The maximum Gasteiger partial charge on any atom is 0.129 e. The third-order valence-corrected chi connectivity index (χ3v) is 3.71. The van der Waals surface area contributed by atoms with Crippen LogP contribution in [0.1, 0.15) is 17.2 Å². The summed E-state index contributed by atoms with van der Waals surface area (Å²) in [6.45, 7) is 0. The topological polar surface area (TPSA) is 12.0 Å². The Labute approximate surface area is 126 Å². The Kier molecular flexibility index (Phi) is 4.97. The van der Waals surface area contributed by atoms with Crippen LogP contribution in [0.3, 0.4) is 0 Å². The van der Waals surface area contributed by atoms with Gasteiger partial charge in [0.25, 0.3) is 0 Å². The van der Waals surface area contributed by atoms with Crippen LogP contribution in [0.4, 0.5) is 8.78 Å². The molecule has 0 saturated carbocycles. The molecule has 0 aliphatic rings. The Morgan fingerprint density at radius 3 is 2.45 bits per heavy atom. The van der Waals surface area contributed by atoms with E-state index in [4.69, 9.17) is 23.2 Å². The fourth-order valence-corrected chi connectivity index (χ4v) is 2.46. The van der Waals surface area contributed by atoms with Gasteiger partial charge in [0, 0.05) is 21.7 Å². The molecule has 106 valence electrons. The van der Waals surface area contributed by atoms with Crippen LogP contribution in [-0.4, -0.2) is 7.05 Å². The molecule has 1 N–H and O–H groups in total. The van der Waals surface area contributed by atoms with E-state index >= 15 is 0 Å². The monoisotopic (exact) mass is 315 g/mol. The molecule has 2 rings (SSSR count). The minimum Gasteiger partial charge on any atom is -0.313 e. The van der Waals surface area contributed by atoms with Crippen molar-refractivity contribution in [3.63, 3.8) is 0 Å². The number of nitrogens with one attached hydrogen (secondary N) is 1. The summed E-state index contributed by atoms with van der Waals surface area (Å²) in [5.41, 5.74) is 1.25. The van der Waals surface area contributed by atoms with Gasteiger partial charge in [0.05, 0.1) is 0 Å². The van der Waals surface area contributed by atoms with E-state index in [1.54, 1.807) is 25.2 Å². The lowest BCUT2D eigenvalue weighted by Gasteiger charge is -2.18. The number of halogens is 4. The van der Waals surface area contributed by atoms with E-state index in [9.17, 15) is 8.78 Å². The van der Waals surface area contributed by atoms with Crippen molar-refractivity contribution in [2.45, 2.75) is 12.5 Å². The Balaban J connectivity index is 2.28. The highest BCUT2D eigenvalue weighted by atomic mass is 35.5. The summed E-state index contributed by atoms with van der Waals surface area (Å²) in [5, 5.41) is 3.71. The van der Waals surface area contributed by atoms with E-state index in [1.807, 2.05) is 0 Å². The highest BCUT2D eigenvalue weighted by molar-refractivity contribution is 6.31. The van der Waals surface area contributed by atoms with Gasteiger partial charge in [0.15, 0.2) is 0 Å². The molecule has 0 radical (unpaired) electrons. The summed E-state index contributed by atoms with van der Waals surface area (Å²) in [6.07, 6.45) is 0.453. The molecule has 0 aromatic heterocycles. The summed E-state index contributed by atoms with van der Waals surface area (Å²) in [7, 11) is 1.73. The Morgan fingerprint density at radius 2 is 1.85 bits per heavy atom. The smallest absolute Gasteiger partial charge is 0.129 e. The van der Waals surface area contributed by atoms with Crippen molar-refractivity contribution in [3.8, 4) is 0 Å². The molecule has 1 nitrogen and oxygen atoms in total. The summed E-state index contributed by atoms with van der Waals surface area (Å²) in [4.78, 5) is 0. The minimum absolute atomic E-state index is 0.268. The first-order valence-electron chi connectivity index (χ1n) is 6.07. The molecule has 1 atom stereocenters. The zero-order valence-electron chi connectivity index (χ0n) is 10.8. The molecule has 1 unspecified atom stereocenters. The molecule has 0 fully saturated rings. The number of likely N-dealkylation sites (N-methyl/N-ethyl adjacent to an activating group) is 1. The zero-order chi connectivity index (χ0) is 14.7. The summed E-state index contributed by atoms with van der Waals surface area (Å²) in [6, 6.07) is 8.47. The third-order valence-electron chi connectivity index (χ3n) is 3.13. The second kappa shape index (κ2) is 6.53. The van der Waals surface area contributed by atoms with Crippen LogP contribution in [0, 0.1) is 11.6 Å². The Bertz CT molecular complexity index is 617. The maximum absolute atomic E-state index is 13.9. The fraction of sp³-hybridized carbons (Fsp3) is 0.200. The van der Waals surface area contributed by atoms with Crippen LogP contribution in [0.25, 0.3) is 0 Å². The van der Waals surface area contributed by atoms with Crippen LogP contribution >= 0.6 is 23.2 Å². The number of hydrogen-bond acceptors (Lipinski definition) is 1. The Hall–Kier alpha value is -1.16. The molecular weight excluding hydrogens is 303 g/mol. The lowest BCUT2D eigenvalue weighted by atomic mass is 9.98. The molecule has 20 heavy (non-hydrogen) atoms. The number of hydrogen-bond donors (Lipinski definition) is 1. The van der Waals surface area contributed by atoms with Crippen molar-refractivity contribution in [2.24, 2.45) is 0 Å². The predicted octanol–water partition coefficient (Wildman–Crippen LogP) is 4.77. The van der Waals surface area contributed by atoms with Crippen LogP contribution in [0.5, 0.6) is 0 Å². The largest absolute Gasteiger partial charge is 0.313 e. The predicted molar refractivity (Wildman–Crippen MR) is 78.3 cm³/mol. The summed E-state index contributed by atoms with van der Waals surface area (Å²) < 4.78 is 27.0. The van der Waals surface area contributed by atoms with E-state index in [1.165, 1.54) is 18.2 Å². The molecule has 0 amide bonds. The van der Waals surface area contributed by atoms with Gasteiger partial charge in [-0.3, -0.25) is 0 Å². The molecule has 0 bridgehead atoms. The highest BCUT2D eigenvalue weighted by Gasteiger charge is 2.16. The van der Waals surface area contributed by atoms with E-state index in [0.29, 0.717) is 22.0 Å². The quantitative estimate of drug-likeness (QED) is 0.856. The lowest BCUT2D eigenvalue weighted by molar-refractivity contribution is 0.533. The van der Waals surface area contributed by atoms with Gasteiger partial charge in [-0.1, -0.05) is 35.3 Å². The molecule has 0 spiro atoms. The van der Waals surface area contributed by atoms with Crippen LogP contribution in [0.15, 0.2) is 36.4 Å². The van der Waals surface area contributed by atoms with Gasteiger partial charge in [0.1, 0.15) is 11.6 Å². The van der Waals surface area contributed by atoms with Crippen LogP contribution < -0.4 is 5.32 Å². The summed E-state index contributed by atoms with van der Waals surface area (Å²) in [5.74, 6) is -0.771. The molecule has 2 aromatic carbocycles. The first kappa shape index (κ1) is 15.2. The van der Waals surface area contributed by atoms with Gasteiger partial charge >= 0.3 is 0 Å². The average molecular weight is 316 g/mol. The first-order chi connectivity index (χ1) is 9.51. The van der Waals surface area contributed by atoms with E-state index in [0.717, 1.165) is 5.56 Å².